The molecule has 1 aliphatic rings. The van der Waals surface area contributed by atoms with Crippen LogP contribution in [0.5, 0.6) is 0 Å². The molecule has 1 atom stereocenters. The molecule has 3 heteroatoms. The lowest BCUT2D eigenvalue weighted by molar-refractivity contribution is 0.209. The van der Waals surface area contributed by atoms with Crippen molar-refractivity contribution in [2.45, 2.75) is 72.1 Å². The third kappa shape index (κ3) is 4.35. The van der Waals surface area contributed by atoms with Crippen molar-refractivity contribution in [3.05, 3.63) is 23.2 Å². The first-order chi connectivity index (χ1) is 9.26. The molecule has 1 aromatic heterocycles. The van der Waals surface area contributed by atoms with Crippen molar-refractivity contribution in [2.24, 2.45) is 5.92 Å². The normalized spacial score (nSPS) is 17.8. The predicted octanol–water partition coefficient (Wildman–Crippen LogP) is 3.71. The van der Waals surface area contributed by atoms with Crippen molar-refractivity contribution in [1.82, 2.24) is 10.2 Å². The molecule has 0 bridgehead atoms. The van der Waals surface area contributed by atoms with E-state index in [4.69, 9.17) is 4.42 Å². The van der Waals surface area contributed by atoms with Crippen LogP contribution >= 0.6 is 0 Å². The minimum absolute atomic E-state index is 0.140. The van der Waals surface area contributed by atoms with Crippen LogP contribution in [0.4, 0.5) is 0 Å². The Morgan fingerprint density at radius 3 is 2.60 bits per heavy atom. The Hall–Kier alpha value is -0.800. The molecule has 0 aromatic carbocycles. The molecule has 0 spiro atoms. The smallest absolute Gasteiger partial charge is 0.118 e. The molecule has 0 amide bonds. The second kappa shape index (κ2) is 5.90. The van der Waals surface area contributed by atoms with Crippen molar-refractivity contribution in [1.29, 1.82) is 0 Å². The topological polar surface area (TPSA) is 28.4 Å². The lowest BCUT2D eigenvalue weighted by Crippen LogP contribution is -2.35. The van der Waals surface area contributed by atoms with Gasteiger partial charge in [-0.15, -0.1) is 0 Å². The summed E-state index contributed by atoms with van der Waals surface area (Å²) in [5, 5.41) is 3.52. The lowest BCUT2D eigenvalue weighted by atomic mass is 10.1. The van der Waals surface area contributed by atoms with Gasteiger partial charge in [-0.05, 0) is 66.5 Å². The summed E-state index contributed by atoms with van der Waals surface area (Å²) in [6, 6.07) is 2.88. The third-order valence-corrected chi connectivity index (χ3v) is 4.29. The van der Waals surface area contributed by atoms with Crippen LogP contribution in [0, 0.1) is 12.8 Å². The molecule has 1 heterocycles. The molecular formula is C17H30N2O. The third-order valence-electron chi connectivity index (χ3n) is 4.29. The summed E-state index contributed by atoms with van der Waals surface area (Å²) < 4.78 is 5.92. The van der Waals surface area contributed by atoms with Crippen LogP contribution < -0.4 is 5.32 Å². The fourth-order valence-corrected chi connectivity index (χ4v) is 2.53. The molecule has 114 valence electrons. The molecule has 2 rings (SSSR count). The summed E-state index contributed by atoms with van der Waals surface area (Å²) >= 11 is 0. The van der Waals surface area contributed by atoms with Crippen LogP contribution in [0.25, 0.3) is 0 Å². The zero-order valence-corrected chi connectivity index (χ0v) is 13.9. The first-order valence-electron chi connectivity index (χ1n) is 7.80. The number of hydrogen-bond donors (Lipinski definition) is 1. The molecule has 0 aliphatic heterocycles. The number of hydrogen-bond acceptors (Lipinski definition) is 3. The summed E-state index contributed by atoms with van der Waals surface area (Å²) in [6.45, 7) is 12.7. The summed E-state index contributed by atoms with van der Waals surface area (Å²) in [7, 11) is 2.20. The molecule has 1 saturated carbocycles. The Balaban J connectivity index is 1.92. The zero-order valence-electron chi connectivity index (χ0n) is 13.9. The SMILES string of the molecule is Cc1oc(CN(C)C(C)C2CC2)cc1CNC(C)(C)C. The van der Waals surface area contributed by atoms with E-state index in [0.717, 1.165) is 30.5 Å². The van der Waals surface area contributed by atoms with Crippen LogP contribution in [-0.4, -0.2) is 23.5 Å². The molecule has 20 heavy (non-hydrogen) atoms. The Morgan fingerprint density at radius 1 is 1.40 bits per heavy atom. The van der Waals surface area contributed by atoms with Gasteiger partial charge in [0.2, 0.25) is 0 Å². The Morgan fingerprint density at radius 2 is 2.05 bits per heavy atom. The summed E-state index contributed by atoms with van der Waals surface area (Å²) in [5.74, 6) is 3.03. The van der Waals surface area contributed by atoms with Gasteiger partial charge in [0.05, 0.1) is 6.54 Å². The van der Waals surface area contributed by atoms with E-state index in [1.165, 1.54) is 18.4 Å². The van der Waals surface area contributed by atoms with Gasteiger partial charge in [0, 0.05) is 23.7 Å². The van der Waals surface area contributed by atoms with E-state index < -0.39 is 0 Å². The number of aryl methyl sites for hydroxylation is 1. The second-order valence-electron chi connectivity index (χ2n) is 7.39. The molecular weight excluding hydrogens is 248 g/mol. The van der Waals surface area contributed by atoms with Crippen molar-refractivity contribution in [2.75, 3.05) is 7.05 Å². The molecule has 3 nitrogen and oxygen atoms in total. The number of rotatable bonds is 6. The highest BCUT2D eigenvalue weighted by Gasteiger charge is 2.30. The van der Waals surface area contributed by atoms with Gasteiger partial charge in [-0.2, -0.15) is 0 Å². The van der Waals surface area contributed by atoms with Crippen LogP contribution in [0.1, 0.15) is 57.6 Å². The second-order valence-corrected chi connectivity index (χ2v) is 7.39. The minimum Gasteiger partial charge on any atom is -0.465 e. The van der Waals surface area contributed by atoms with Gasteiger partial charge in [-0.3, -0.25) is 4.90 Å². The largest absolute Gasteiger partial charge is 0.465 e. The number of nitrogens with zero attached hydrogens (tertiary/aromatic N) is 1. The fraction of sp³-hybridized carbons (Fsp3) is 0.765. The Labute approximate surface area is 123 Å². The minimum atomic E-state index is 0.140. The van der Waals surface area contributed by atoms with Crippen molar-refractivity contribution >= 4 is 0 Å². The zero-order chi connectivity index (χ0) is 14.9. The van der Waals surface area contributed by atoms with Crippen molar-refractivity contribution < 1.29 is 4.42 Å². The monoisotopic (exact) mass is 278 g/mol. The summed E-state index contributed by atoms with van der Waals surface area (Å²) in [4.78, 5) is 2.41. The predicted molar refractivity (Wildman–Crippen MR) is 83.7 cm³/mol. The lowest BCUT2D eigenvalue weighted by Gasteiger charge is -2.23. The van der Waals surface area contributed by atoms with Crippen LogP contribution in [-0.2, 0) is 13.1 Å². The van der Waals surface area contributed by atoms with Gasteiger partial charge in [0.1, 0.15) is 11.5 Å². The highest BCUT2D eigenvalue weighted by atomic mass is 16.3. The number of nitrogens with one attached hydrogen (secondary N) is 1. The van der Waals surface area contributed by atoms with Gasteiger partial charge >= 0.3 is 0 Å². The van der Waals surface area contributed by atoms with E-state index in [9.17, 15) is 0 Å². The summed E-state index contributed by atoms with van der Waals surface area (Å²) in [6.07, 6.45) is 2.78. The van der Waals surface area contributed by atoms with Crippen LogP contribution in [0.3, 0.4) is 0 Å². The van der Waals surface area contributed by atoms with E-state index in [0.29, 0.717) is 6.04 Å². The maximum atomic E-state index is 5.92. The highest BCUT2D eigenvalue weighted by Crippen LogP contribution is 2.35. The molecule has 1 unspecified atom stereocenters. The van der Waals surface area contributed by atoms with Gasteiger partial charge in [0.25, 0.3) is 0 Å². The molecule has 0 radical (unpaired) electrons. The van der Waals surface area contributed by atoms with Crippen molar-refractivity contribution in [3.8, 4) is 0 Å². The van der Waals surface area contributed by atoms with E-state index in [1.807, 2.05) is 0 Å². The highest BCUT2D eigenvalue weighted by molar-refractivity contribution is 5.21. The molecule has 0 saturated heterocycles. The first kappa shape index (κ1) is 15.6. The molecule has 1 fully saturated rings. The molecule has 1 N–H and O–H groups in total. The summed E-state index contributed by atoms with van der Waals surface area (Å²) in [5.41, 5.74) is 1.42. The van der Waals surface area contributed by atoms with E-state index in [1.54, 1.807) is 0 Å². The average molecular weight is 278 g/mol. The Kier molecular flexibility index (Phi) is 4.60. The Bertz CT molecular complexity index is 440. The van der Waals surface area contributed by atoms with E-state index >= 15 is 0 Å². The standard InChI is InChI=1S/C17H30N2O/c1-12(14-7-8-14)19(6)11-16-9-15(13(2)20-16)10-18-17(3,4)5/h9,12,14,18H,7-8,10-11H2,1-6H3. The van der Waals surface area contributed by atoms with Gasteiger partial charge in [0.15, 0.2) is 0 Å². The van der Waals surface area contributed by atoms with Crippen LogP contribution in [0.2, 0.25) is 0 Å². The van der Waals surface area contributed by atoms with Gasteiger partial charge < -0.3 is 9.73 Å². The van der Waals surface area contributed by atoms with E-state index in [2.05, 4.69) is 57.9 Å². The first-order valence-corrected chi connectivity index (χ1v) is 7.80. The maximum Gasteiger partial charge on any atom is 0.118 e. The molecule has 1 aromatic rings. The molecule has 1 aliphatic carbocycles. The fourth-order valence-electron chi connectivity index (χ4n) is 2.53. The van der Waals surface area contributed by atoms with Gasteiger partial charge in [-0.25, -0.2) is 0 Å². The van der Waals surface area contributed by atoms with Crippen LogP contribution in [0.15, 0.2) is 10.5 Å². The van der Waals surface area contributed by atoms with E-state index in [-0.39, 0.29) is 5.54 Å². The van der Waals surface area contributed by atoms with Crippen molar-refractivity contribution in [3.63, 3.8) is 0 Å². The number of furan rings is 1. The quantitative estimate of drug-likeness (QED) is 0.860. The van der Waals surface area contributed by atoms with Gasteiger partial charge in [-0.1, -0.05) is 0 Å². The maximum absolute atomic E-state index is 5.92. The average Bonchev–Trinajstić information content (AvgIpc) is 3.11.